The number of primary amides is 1. The van der Waals surface area contributed by atoms with Crippen LogP contribution < -0.4 is 5.73 Å². The summed E-state index contributed by atoms with van der Waals surface area (Å²) >= 11 is 1.81. The van der Waals surface area contributed by atoms with Gasteiger partial charge >= 0.3 is 0 Å². The molecule has 3 aromatic rings. The Morgan fingerprint density at radius 2 is 2.11 bits per heavy atom. The second-order valence-corrected chi connectivity index (χ2v) is 8.20. The highest BCUT2D eigenvalue weighted by molar-refractivity contribution is 7.10. The van der Waals surface area contributed by atoms with Gasteiger partial charge < -0.3 is 5.73 Å². The summed E-state index contributed by atoms with van der Waals surface area (Å²) in [5.41, 5.74) is 9.50. The number of hydrogen-bond donors (Lipinski definition) is 1. The first kappa shape index (κ1) is 17.9. The van der Waals surface area contributed by atoms with Crippen LogP contribution in [-0.2, 0) is 13.6 Å². The van der Waals surface area contributed by atoms with Gasteiger partial charge in [-0.3, -0.25) is 14.4 Å². The number of benzene rings is 1. The molecule has 27 heavy (non-hydrogen) atoms. The molecule has 2 N–H and O–H groups in total. The van der Waals surface area contributed by atoms with Crippen LogP contribution in [0.25, 0.3) is 11.1 Å². The first-order valence-corrected chi connectivity index (χ1v) is 10.2. The number of carbonyl (C=O) groups is 1. The van der Waals surface area contributed by atoms with Crippen molar-refractivity contribution < 1.29 is 4.79 Å². The van der Waals surface area contributed by atoms with Gasteiger partial charge in [0.15, 0.2) is 0 Å². The summed E-state index contributed by atoms with van der Waals surface area (Å²) in [4.78, 5) is 15.6. The van der Waals surface area contributed by atoms with Crippen LogP contribution in [-0.4, -0.2) is 33.7 Å². The Hall–Kier alpha value is -2.44. The van der Waals surface area contributed by atoms with Crippen LogP contribution in [0.4, 0.5) is 0 Å². The number of carbonyl (C=O) groups excluding carboxylic acids is 1. The average Bonchev–Trinajstić information content (AvgIpc) is 3.29. The largest absolute Gasteiger partial charge is 0.365 e. The minimum absolute atomic E-state index is 0.260. The molecule has 1 atom stereocenters. The highest BCUT2D eigenvalue weighted by atomic mass is 32.1. The van der Waals surface area contributed by atoms with Crippen LogP contribution in [0.1, 0.15) is 39.7 Å². The second kappa shape index (κ2) is 7.66. The standard InChI is InChI=1S/C21H24N4OS/c1-24-13-19(21(22)26)20(23-24)16-8-5-9-25(11-16)12-18-10-17(14-27-18)15-6-3-2-4-7-15/h2-4,6-7,10,13-14,16H,5,8-9,11-12H2,1H3,(H2,22,26)/t16-/m0/s1. The first-order valence-electron chi connectivity index (χ1n) is 9.28. The molecule has 1 aliphatic heterocycles. The molecule has 2 aromatic heterocycles. The van der Waals surface area contributed by atoms with E-state index in [1.165, 1.54) is 16.0 Å². The van der Waals surface area contributed by atoms with Gasteiger partial charge in [0.1, 0.15) is 0 Å². The van der Waals surface area contributed by atoms with E-state index in [9.17, 15) is 4.79 Å². The molecule has 6 heteroatoms. The normalized spacial score (nSPS) is 17.9. The average molecular weight is 381 g/mol. The summed E-state index contributed by atoms with van der Waals surface area (Å²) in [5, 5.41) is 6.76. The van der Waals surface area contributed by atoms with Crippen LogP contribution in [0, 0.1) is 0 Å². The van der Waals surface area contributed by atoms with E-state index in [4.69, 9.17) is 5.73 Å². The molecule has 0 radical (unpaired) electrons. The lowest BCUT2D eigenvalue weighted by molar-refractivity contribution is 0.0997. The van der Waals surface area contributed by atoms with Crippen LogP contribution in [0.15, 0.2) is 48.0 Å². The lowest BCUT2D eigenvalue weighted by Crippen LogP contribution is -2.34. The van der Waals surface area contributed by atoms with Gasteiger partial charge in [-0.1, -0.05) is 30.3 Å². The fourth-order valence-corrected chi connectivity index (χ4v) is 4.82. The molecule has 1 saturated heterocycles. The van der Waals surface area contributed by atoms with Gasteiger partial charge in [0.2, 0.25) is 0 Å². The van der Waals surface area contributed by atoms with Gasteiger partial charge in [-0.05, 0) is 42.0 Å². The number of nitrogens with zero attached hydrogens (tertiary/aromatic N) is 3. The van der Waals surface area contributed by atoms with Crippen molar-refractivity contribution in [1.82, 2.24) is 14.7 Å². The number of amides is 1. The van der Waals surface area contributed by atoms with Crippen molar-refractivity contribution in [2.45, 2.75) is 25.3 Å². The molecule has 1 aliphatic rings. The SMILES string of the molecule is Cn1cc(C(N)=O)c([C@H]2CCCN(Cc3cc(-c4ccccc4)cs3)C2)n1. The number of likely N-dealkylation sites (tertiary alicyclic amines) is 1. The van der Waals surface area contributed by atoms with E-state index >= 15 is 0 Å². The zero-order valence-electron chi connectivity index (χ0n) is 15.5. The summed E-state index contributed by atoms with van der Waals surface area (Å²) in [6, 6.07) is 12.8. The van der Waals surface area contributed by atoms with Gasteiger partial charge in [-0.2, -0.15) is 5.10 Å². The van der Waals surface area contributed by atoms with Crippen LogP contribution in [0.5, 0.6) is 0 Å². The minimum Gasteiger partial charge on any atom is -0.365 e. The third kappa shape index (κ3) is 3.96. The molecule has 0 saturated carbocycles. The van der Waals surface area contributed by atoms with Crippen LogP contribution in [0.2, 0.25) is 0 Å². The van der Waals surface area contributed by atoms with Gasteiger partial charge in [0.05, 0.1) is 11.3 Å². The zero-order chi connectivity index (χ0) is 18.8. The molecule has 5 nitrogen and oxygen atoms in total. The fourth-order valence-electron chi connectivity index (χ4n) is 3.89. The molecule has 0 unspecified atom stereocenters. The van der Waals surface area contributed by atoms with Gasteiger partial charge in [-0.25, -0.2) is 0 Å². The van der Waals surface area contributed by atoms with E-state index < -0.39 is 0 Å². The van der Waals surface area contributed by atoms with E-state index in [0.717, 1.165) is 38.2 Å². The van der Waals surface area contributed by atoms with Crippen molar-refractivity contribution >= 4 is 17.2 Å². The zero-order valence-corrected chi connectivity index (χ0v) is 16.3. The van der Waals surface area contributed by atoms with Crippen molar-refractivity contribution in [2.75, 3.05) is 13.1 Å². The van der Waals surface area contributed by atoms with Gasteiger partial charge in [0.25, 0.3) is 5.91 Å². The Morgan fingerprint density at radius 1 is 1.30 bits per heavy atom. The monoisotopic (exact) mass is 380 g/mol. The molecule has 0 aliphatic carbocycles. The molecule has 140 valence electrons. The van der Waals surface area contributed by atoms with E-state index in [1.807, 2.05) is 24.5 Å². The van der Waals surface area contributed by atoms with Crippen molar-refractivity contribution in [3.8, 4) is 11.1 Å². The molecule has 3 heterocycles. The Bertz CT molecular complexity index is 931. The maximum Gasteiger partial charge on any atom is 0.252 e. The second-order valence-electron chi connectivity index (χ2n) is 7.21. The molecule has 0 spiro atoms. The summed E-state index contributed by atoms with van der Waals surface area (Å²) in [6.07, 6.45) is 3.89. The minimum atomic E-state index is -0.388. The lowest BCUT2D eigenvalue weighted by atomic mass is 9.92. The Morgan fingerprint density at radius 3 is 2.89 bits per heavy atom. The molecule has 4 rings (SSSR count). The van der Waals surface area contributed by atoms with Crippen molar-refractivity contribution in [3.05, 3.63) is 64.1 Å². The number of nitrogens with two attached hydrogens (primary N) is 1. The number of aromatic nitrogens is 2. The maximum absolute atomic E-state index is 11.7. The molecule has 1 amide bonds. The van der Waals surface area contributed by atoms with Crippen molar-refractivity contribution in [3.63, 3.8) is 0 Å². The van der Waals surface area contributed by atoms with E-state index in [1.54, 1.807) is 10.9 Å². The maximum atomic E-state index is 11.7. The topological polar surface area (TPSA) is 64.2 Å². The van der Waals surface area contributed by atoms with Crippen LogP contribution in [0.3, 0.4) is 0 Å². The number of thiophene rings is 1. The van der Waals surface area contributed by atoms with E-state index in [-0.39, 0.29) is 11.8 Å². The van der Waals surface area contributed by atoms with E-state index in [0.29, 0.717) is 5.56 Å². The molecular formula is C21H24N4OS. The Kier molecular flexibility index (Phi) is 5.09. The van der Waals surface area contributed by atoms with Gasteiger partial charge in [0, 0.05) is 37.1 Å². The summed E-state index contributed by atoms with van der Waals surface area (Å²) in [7, 11) is 1.84. The third-order valence-electron chi connectivity index (χ3n) is 5.16. The number of piperidine rings is 1. The number of aryl methyl sites for hydroxylation is 1. The quantitative estimate of drug-likeness (QED) is 0.735. The summed E-state index contributed by atoms with van der Waals surface area (Å²) in [5.74, 6) is -0.128. The smallest absolute Gasteiger partial charge is 0.252 e. The van der Waals surface area contributed by atoms with E-state index in [2.05, 4.69) is 45.7 Å². The van der Waals surface area contributed by atoms with Crippen LogP contribution >= 0.6 is 11.3 Å². The third-order valence-corrected chi connectivity index (χ3v) is 6.08. The number of hydrogen-bond acceptors (Lipinski definition) is 4. The molecule has 0 bridgehead atoms. The first-order chi connectivity index (χ1) is 13.1. The summed E-state index contributed by atoms with van der Waals surface area (Å²) < 4.78 is 1.69. The highest BCUT2D eigenvalue weighted by Gasteiger charge is 2.27. The predicted octanol–water partition coefficient (Wildman–Crippen LogP) is 3.63. The Balaban J connectivity index is 1.47. The number of rotatable bonds is 5. The van der Waals surface area contributed by atoms with Crippen molar-refractivity contribution in [2.24, 2.45) is 12.8 Å². The van der Waals surface area contributed by atoms with Gasteiger partial charge in [-0.15, -0.1) is 11.3 Å². The molecular weight excluding hydrogens is 356 g/mol. The van der Waals surface area contributed by atoms with Crippen molar-refractivity contribution in [1.29, 1.82) is 0 Å². The predicted molar refractivity (Wildman–Crippen MR) is 109 cm³/mol. The highest BCUT2D eigenvalue weighted by Crippen LogP contribution is 2.31. The Labute approximate surface area is 163 Å². The lowest BCUT2D eigenvalue weighted by Gasteiger charge is -2.31. The summed E-state index contributed by atoms with van der Waals surface area (Å²) in [6.45, 7) is 2.93. The molecule has 1 fully saturated rings. The fraction of sp³-hybridized carbons (Fsp3) is 0.333. The molecule has 1 aromatic carbocycles.